The van der Waals surface area contributed by atoms with Crippen LogP contribution in [-0.2, 0) is 0 Å². The molecule has 14 heavy (non-hydrogen) atoms. The zero-order valence-electron chi connectivity index (χ0n) is 8.57. The fraction of sp³-hybridized carbons (Fsp3) is 0.727. The van der Waals surface area contributed by atoms with Gasteiger partial charge in [-0.05, 0) is 38.8 Å². The molecule has 3 heteroatoms. The Morgan fingerprint density at radius 2 is 2.21 bits per heavy atom. The largest absolute Gasteiger partial charge is 0.448 e. The summed E-state index contributed by atoms with van der Waals surface area (Å²) >= 11 is 0. The van der Waals surface area contributed by atoms with E-state index in [1.165, 1.54) is 25.9 Å². The van der Waals surface area contributed by atoms with Gasteiger partial charge in [0.05, 0.1) is 11.6 Å². The van der Waals surface area contributed by atoms with Crippen molar-refractivity contribution in [1.29, 1.82) is 0 Å². The minimum absolute atomic E-state index is 0.561. The second-order valence-electron chi connectivity index (χ2n) is 4.57. The van der Waals surface area contributed by atoms with E-state index in [0.29, 0.717) is 5.92 Å². The molecule has 0 aromatic carbocycles. The van der Waals surface area contributed by atoms with Crippen LogP contribution in [0.15, 0.2) is 10.7 Å². The lowest BCUT2D eigenvalue weighted by Crippen LogP contribution is -2.46. The van der Waals surface area contributed by atoms with Gasteiger partial charge in [0.25, 0.3) is 0 Å². The average Bonchev–Trinajstić information content (AvgIpc) is 2.66. The van der Waals surface area contributed by atoms with E-state index in [2.05, 4.69) is 9.88 Å². The van der Waals surface area contributed by atoms with Crippen molar-refractivity contribution in [3.8, 4) is 0 Å². The van der Waals surface area contributed by atoms with Crippen molar-refractivity contribution in [3.63, 3.8) is 0 Å². The van der Waals surface area contributed by atoms with E-state index in [0.717, 1.165) is 24.0 Å². The zero-order valence-corrected chi connectivity index (χ0v) is 8.57. The third-order valence-corrected chi connectivity index (χ3v) is 3.61. The third kappa shape index (κ3) is 1.27. The van der Waals surface area contributed by atoms with Gasteiger partial charge in [0.2, 0.25) is 0 Å². The molecule has 0 spiro atoms. The second-order valence-corrected chi connectivity index (χ2v) is 4.57. The van der Waals surface area contributed by atoms with Crippen LogP contribution >= 0.6 is 0 Å². The maximum absolute atomic E-state index is 5.52. The lowest BCUT2D eigenvalue weighted by molar-refractivity contribution is 0.0756. The summed E-state index contributed by atoms with van der Waals surface area (Å²) in [6.45, 7) is 5.71. The molecule has 0 saturated carbocycles. The quantitative estimate of drug-likeness (QED) is 0.679. The molecule has 0 aliphatic carbocycles. The summed E-state index contributed by atoms with van der Waals surface area (Å²) in [6.07, 6.45) is 4.42. The Labute approximate surface area is 84.1 Å². The molecule has 3 nitrogen and oxygen atoms in total. The van der Waals surface area contributed by atoms with Crippen LogP contribution in [0.4, 0.5) is 0 Å². The highest BCUT2D eigenvalue weighted by atomic mass is 16.3. The summed E-state index contributed by atoms with van der Waals surface area (Å²) in [4.78, 5) is 6.99. The van der Waals surface area contributed by atoms with Crippen molar-refractivity contribution >= 4 is 0 Å². The monoisotopic (exact) mass is 192 g/mol. The Hall–Kier alpha value is -0.830. The van der Waals surface area contributed by atoms with Gasteiger partial charge in [-0.2, -0.15) is 0 Å². The van der Waals surface area contributed by atoms with Gasteiger partial charge in [-0.15, -0.1) is 0 Å². The van der Waals surface area contributed by atoms with Gasteiger partial charge in [0.1, 0.15) is 6.26 Å². The number of aryl methyl sites for hydroxylation is 1. The molecule has 1 aromatic heterocycles. The van der Waals surface area contributed by atoms with Crippen LogP contribution in [-0.4, -0.2) is 29.5 Å². The average molecular weight is 192 g/mol. The third-order valence-electron chi connectivity index (χ3n) is 3.61. The van der Waals surface area contributed by atoms with Crippen molar-refractivity contribution < 1.29 is 4.42 Å². The molecule has 1 unspecified atom stereocenters. The Bertz CT molecular complexity index is 326. The minimum atomic E-state index is 0.561. The van der Waals surface area contributed by atoms with E-state index < -0.39 is 0 Å². The number of fused-ring (bicyclic) bond motifs is 3. The summed E-state index contributed by atoms with van der Waals surface area (Å²) in [5.41, 5.74) is 1.01. The van der Waals surface area contributed by atoms with Crippen molar-refractivity contribution in [3.05, 3.63) is 17.8 Å². The first-order valence-electron chi connectivity index (χ1n) is 5.47. The van der Waals surface area contributed by atoms with Crippen molar-refractivity contribution in [2.45, 2.75) is 25.7 Å². The Balaban J connectivity index is 1.85. The van der Waals surface area contributed by atoms with Gasteiger partial charge in [-0.3, -0.25) is 0 Å². The van der Waals surface area contributed by atoms with Crippen LogP contribution < -0.4 is 0 Å². The first-order valence-corrected chi connectivity index (χ1v) is 5.47. The number of rotatable bonds is 1. The maximum atomic E-state index is 5.52. The first-order chi connectivity index (χ1) is 6.83. The minimum Gasteiger partial charge on any atom is -0.448 e. The normalized spacial score (nSPS) is 36.2. The molecule has 4 rings (SSSR count). The van der Waals surface area contributed by atoms with E-state index in [4.69, 9.17) is 4.42 Å². The smallest absolute Gasteiger partial charge is 0.198 e. The molecular formula is C11H16N2O. The highest BCUT2D eigenvalue weighted by Crippen LogP contribution is 2.38. The molecule has 1 aromatic rings. The molecule has 0 N–H and O–H groups in total. The molecule has 2 bridgehead atoms. The van der Waals surface area contributed by atoms with Gasteiger partial charge < -0.3 is 9.32 Å². The fourth-order valence-corrected chi connectivity index (χ4v) is 2.79. The summed E-state index contributed by atoms with van der Waals surface area (Å²) in [6, 6.07) is 0. The maximum Gasteiger partial charge on any atom is 0.198 e. The molecule has 0 amide bonds. The number of hydrogen-bond acceptors (Lipinski definition) is 3. The summed E-state index contributed by atoms with van der Waals surface area (Å²) in [5, 5.41) is 0. The van der Waals surface area contributed by atoms with E-state index in [1.54, 1.807) is 6.26 Å². The zero-order chi connectivity index (χ0) is 9.54. The molecule has 3 saturated heterocycles. The van der Waals surface area contributed by atoms with E-state index in [1.807, 2.05) is 6.92 Å². The van der Waals surface area contributed by atoms with Gasteiger partial charge in [0.15, 0.2) is 5.89 Å². The Morgan fingerprint density at radius 3 is 2.71 bits per heavy atom. The number of oxazole rings is 1. The van der Waals surface area contributed by atoms with Gasteiger partial charge in [-0.1, -0.05) is 0 Å². The lowest BCUT2D eigenvalue weighted by Gasteiger charge is -2.43. The predicted octanol–water partition coefficient (Wildman–Crippen LogP) is 1.79. The van der Waals surface area contributed by atoms with Crippen LogP contribution in [0.25, 0.3) is 0 Å². The predicted molar refractivity (Wildman–Crippen MR) is 53.1 cm³/mol. The highest BCUT2D eigenvalue weighted by molar-refractivity contribution is 5.05. The SMILES string of the molecule is Cc1coc(C2CN3CCC2CC3)n1. The van der Waals surface area contributed by atoms with Crippen LogP contribution in [0.2, 0.25) is 0 Å². The van der Waals surface area contributed by atoms with Gasteiger partial charge in [0, 0.05) is 6.54 Å². The van der Waals surface area contributed by atoms with Crippen molar-refractivity contribution in [1.82, 2.24) is 9.88 Å². The molecule has 76 valence electrons. The van der Waals surface area contributed by atoms with Crippen molar-refractivity contribution in [2.75, 3.05) is 19.6 Å². The Kier molecular flexibility index (Phi) is 1.87. The van der Waals surface area contributed by atoms with E-state index >= 15 is 0 Å². The number of aromatic nitrogens is 1. The van der Waals surface area contributed by atoms with Crippen molar-refractivity contribution in [2.24, 2.45) is 5.92 Å². The van der Waals surface area contributed by atoms with Gasteiger partial charge >= 0.3 is 0 Å². The Morgan fingerprint density at radius 1 is 1.43 bits per heavy atom. The molecule has 3 fully saturated rings. The summed E-state index contributed by atoms with van der Waals surface area (Å²) in [5.74, 6) is 2.35. The fourth-order valence-electron chi connectivity index (χ4n) is 2.79. The van der Waals surface area contributed by atoms with E-state index in [-0.39, 0.29) is 0 Å². The summed E-state index contributed by atoms with van der Waals surface area (Å²) < 4.78 is 5.52. The number of piperidine rings is 3. The molecule has 3 aliphatic heterocycles. The molecule has 0 radical (unpaired) electrons. The van der Waals surface area contributed by atoms with Crippen LogP contribution in [0.5, 0.6) is 0 Å². The number of nitrogens with zero attached hydrogens (tertiary/aromatic N) is 2. The standard InChI is InChI=1S/C11H16N2O/c1-8-7-14-11(12-8)10-6-13-4-2-9(10)3-5-13/h7,9-10H,2-6H2,1H3. The lowest BCUT2D eigenvalue weighted by atomic mass is 9.79. The molecule has 4 heterocycles. The second kappa shape index (κ2) is 3.09. The van der Waals surface area contributed by atoms with Crippen LogP contribution in [0.1, 0.15) is 30.3 Å². The highest BCUT2D eigenvalue weighted by Gasteiger charge is 2.37. The molecule has 3 aliphatic rings. The molecular weight excluding hydrogens is 176 g/mol. The number of hydrogen-bond donors (Lipinski definition) is 0. The topological polar surface area (TPSA) is 29.3 Å². The summed E-state index contributed by atoms with van der Waals surface area (Å²) in [7, 11) is 0. The molecule has 1 atom stereocenters. The van der Waals surface area contributed by atoms with Crippen LogP contribution in [0, 0.1) is 12.8 Å². The first kappa shape index (κ1) is 8.48. The van der Waals surface area contributed by atoms with Gasteiger partial charge in [-0.25, -0.2) is 4.98 Å². The van der Waals surface area contributed by atoms with E-state index in [9.17, 15) is 0 Å². The van der Waals surface area contributed by atoms with Crippen LogP contribution in [0.3, 0.4) is 0 Å².